The molecule has 26 heavy (non-hydrogen) atoms. The molecule has 0 spiro atoms. The molecule has 1 atom stereocenters. The van der Waals surface area contributed by atoms with E-state index in [0.29, 0.717) is 5.92 Å². The molecule has 3 aromatic rings. The summed E-state index contributed by atoms with van der Waals surface area (Å²) in [5, 5.41) is 5.39. The van der Waals surface area contributed by atoms with Crippen LogP contribution in [0.25, 0.3) is 21.5 Å². The number of hydrogen-bond donors (Lipinski definition) is 0. The van der Waals surface area contributed by atoms with Crippen molar-refractivity contribution in [2.45, 2.75) is 27.7 Å². The predicted molar refractivity (Wildman–Crippen MR) is 104 cm³/mol. The fraction of sp³-hybridized carbons (Fsp3) is 0.217. The minimum Gasteiger partial charge on any atom is -1.00 e. The first-order chi connectivity index (χ1) is 11.5. The van der Waals surface area contributed by atoms with Gasteiger partial charge in [0, 0.05) is 0 Å². The van der Waals surface area contributed by atoms with E-state index in [1.54, 1.807) is 3.26 Å². The van der Waals surface area contributed by atoms with Gasteiger partial charge < -0.3 is 24.8 Å². The van der Waals surface area contributed by atoms with Crippen LogP contribution in [0.2, 0.25) is 0 Å². The molecule has 1 aliphatic carbocycles. The molecule has 3 aromatic carbocycles. The third kappa shape index (κ3) is 7.78. The van der Waals surface area contributed by atoms with Crippen molar-refractivity contribution in [2.75, 3.05) is 0 Å². The molecule has 0 saturated carbocycles. The second kappa shape index (κ2) is 12.5. The van der Waals surface area contributed by atoms with Crippen LogP contribution in [0.5, 0.6) is 0 Å². The van der Waals surface area contributed by atoms with E-state index >= 15 is 0 Å². The fourth-order valence-corrected chi connectivity index (χ4v) is 2.65. The van der Waals surface area contributed by atoms with Gasteiger partial charge >= 0.3 is 41.0 Å². The van der Waals surface area contributed by atoms with E-state index in [1.165, 1.54) is 51.0 Å². The van der Waals surface area contributed by atoms with Crippen LogP contribution in [0, 0.1) is 12.0 Å². The third-order valence-electron chi connectivity index (χ3n) is 3.61. The Morgan fingerprint density at radius 2 is 1.35 bits per heavy atom. The minimum atomic E-state index is 0. The smallest absolute Gasteiger partial charge is 0.0771 e. The van der Waals surface area contributed by atoms with Gasteiger partial charge in [-0.05, 0) is 0 Å². The number of fused-ring (bicyclic) bond motifs is 3. The van der Waals surface area contributed by atoms with E-state index in [2.05, 4.69) is 101 Å². The molecule has 0 saturated heterocycles. The number of rotatable bonds is 0. The number of halogens is 2. The van der Waals surface area contributed by atoms with Crippen molar-refractivity contribution in [3.63, 3.8) is 0 Å². The van der Waals surface area contributed by atoms with Gasteiger partial charge in [0.25, 0.3) is 0 Å². The monoisotopic (exact) mass is 550 g/mol. The molecule has 4 rings (SSSR count). The zero-order valence-corrected chi connectivity index (χ0v) is 20.8. The Hall–Kier alpha value is -0.890. The summed E-state index contributed by atoms with van der Waals surface area (Å²) in [5.41, 5.74) is 1.27. The van der Waals surface area contributed by atoms with Crippen LogP contribution in [0.3, 0.4) is 0 Å². The van der Waals surface area contributed by atoms with E-state index in [0.717, 1.165) is 0 Å². The summed E-state index contributed by atoms with van der Waals surface area (Å²) in [4.78, 5) is 0. The molecule has 136 valence electrons. The molecule has 1 unspecified atom stereocenters. The standard InChI is InChI=1S/C13H9.C7H9.C3H6.2ClH.Hf/c1-3-7-12-10(5-1)9-11-6-2-4-8-13(11)12;1-6-3-4-7(2)5-6;1-3-2;;;/h1-9H;3-4,6H,1-2H3;1-2H3;2*1H;/q2*-1;;;;+2/p-2. The van der Waals surface area contributed by atoms with Crippen LogP contribution in [0.15, 0.2) is 72.3 Å². The normalized spacial score (nSPS) is 14.2. The summed E-state index contributed by atoms with van der Waals surface area (Å²) in [6.45, 7) is 8.49. The average molecular weight is 550 g/mol. The second-order valence-corrected chi connectivity index (χ2v) is 9.89. The molecular formula is C23H24Cl2Hf-2. The molecule has 0 amide bonds. The largest absolute Gasteiger partial charge is 1.00 e. The Morgan fingerprint density at radius 3 is 1.65 bits per heavy atom. The Bertz CT molecular complexity index is 833. The van der Waals surface area contributed by atoms with Crippen LogP contribution in [-0.4, -0.2) is 3.26 Å². The van der Waals surface area contributed by atoms with Gasteiger partial charge in [0.2, 0.25) is 0 Å². The van der Waals surface area contributed by atoms with Gasteiger partial charge in [-0.25, -0.2) is 11.6 Å². The molecule has 0 nitrogen and oxygen atoms in total. The molecule has 0 aliphatic heterocycles. The molecule has 0 fully saturated rings. The van der Waals surface area contributed by atoms with Crippen molar-refractivity contribution in [1.82, 2.24) is 0 Å². The summed E-state index contributed by atoms with van der Waals surface area (Å²) >= 11 is 1.27. The van der Waals surface area contributed by atoms with Crippen LogP contribution >= 0.6 is 0 Å². The van der Waals surface area contributed by atoms with Gasteiger partial charge in [0.1, 0.15) is 0 Å². The maximum atomic E-state index is 3.22. The predicted octanol–water partition coefficient (Wildman–Crippen LogP) is 0.407. The number of hydrogen-bond acceptors (Lipinski definition) is 0. The molecule has 1 aliphatic rings. The number of benzene rings is 2. The van der Waals surface area contributed by atoms with Gasteiger partial charge in [-0.1, -0.05) is 56.2 Å². The summed E-state index contributed by atoms with van der Waals surface area (Å²) in [6, 6.07) is 19.3. The fourth-order valence-electron chi connectivity index (χ4n) is 2.65. The SMILES string of the molecule is CC1=[C-]C(C)C=C1.C[C](C)=[Hf+2].[Cl-].[Cl-].c1ccc2c(c1)[cH-]c1ccccc12. The van der Waals surface area contributed by atoms with Crippen LogP contribution in [0.4, 0.5) is 0 Å². The summed E-state index contributed by atoms with van der Waals surface area (Å²) in [6.07, 6.45) is 7.47. The molecular weight excluding hydrogens is 526 g/mol. The average Bonchev–Trinajstić information content (AvgIpc) is 3.10. The van der Waals surface area contributed by atoms with E-state index in [4.69, 9.17) is 0 Å². The van der Waals surface area contributed by atoms with Crippen molar-refractivity contribution in [1.29, 1.82) is 0 Å². The maximum Gasteiger partial charge on any atom is -0.0771 e. The van der Waals surface area contributed by atoms with Crippen LogP contribution < -0.4 is 24.8 Å². The third-order valence-corrected chi connectivity index (χ3v) is 3.61. The van der Waals surface area contributed by atoms with Crippen LogP contribution in [-0.2, 0) is 23.9 Å². The van der Waals surface area contributed by atoms with Gasteiger partial charge in [-0.3, -0.25) is 6.08 Å². The topological polar surface area (TPSA) is 0 Å². The Balaban J connectivity index is 0.000000415. The first-order valence-corrected chi connectivity index (χ1v) is 10.1. The molecule has 3 heteroatoms. The maximum absolute atomic E-state index is 3.22. The molecule has 0 heterocycles. The van der Waals surface area contributed by atoms with Crippen LogP contribution in [0.1, 0.15) is 27.7 Å². The first kappa shape index (κ1) is 25.1. The molecule has 0 bridgehead atoms. The van der Waals surface area contributed by atoms with Gasteiger partial charge in [0.15, 0.2) is 0 Å². The Kier molecular flexibility index (Phi) is 12.1. The van der Waals surface area contributed by atoms with E-state index in [-0.39, 0.29) is 24.8 Å². The molecule has 0 aromatic heterocycles. The van der Waals surface area contributed by atoms with E-state index < -0.39 is 0 Å². The summed E-state index contributed by atoms with van der Waals surface area (Å²) < 4.78 is 1.56. The zero-order valence-electron chi connectivity index (χ0n) is 15.7. The van der Waals surface area contributed by atoms with Crippen molar-refractivity contribution in [3.05, 3.63) is 78.4 Å². The molecule has 0 radical (unpaired) electrons. The zero-order chi connectivity index (χ0) is 17.5. The Morgan fingerprint density at radius 1 is 0.923 bits per heavy atom. The molecule has 0 N–H and O–H groups in total. The van der Waals surface area contributed by atoms with Gasteiger partial charge in [0.05, 0.1) is 0 Å². The summed E-state index contributed by atoms with van der Waals surface area (Å²) in [7, 11) is 0. The van der Waals surface area contributed by atoms with Crippen molar-refractivity contribution in [3.8, 4) is 0 Å². The van der Waals surface area contributed by atoms with Gasteiger partial charge in [-0.2, -0.15) is 6.08 Å². The minimum absolute atomic E-state index is 0. The van der Waals surface area contributed by atoms with Crippen molar-refractivity contribution >= 4 is 24.8 Å². The Labute approximate surface area is 184 Å². The van der Waals surface area contributed by atoms with Gasteiger partial charge in [-0.15, -0.1) is 39.7 Å². The first-order valence-electron chi connectivity index (χ1n) is 8.30. The van der Waals surface area contributed by atoms with E-state index in [1.807, 2.05) is 0 Å². The quantitative estimate of drug-likeness (QED) is 0.282. The van der Waals surface area contributed by atoms with Crippen molar-refractivity contribution < 1.29 is 48.7 Å². The second-order valence-electron chi connectivity index (χ2n) is 6.29. The van der Waals surface area contributed by atoms with Crippen molar-refractivity contribution in [2.24, 2.45) is 5.92 Å². The summed E-state index contributed by atoms with van der Waals surface area (Å²) in [5.74, 6) is 0.556. The van der Waals surface area contributed by atoms with E-state index in [9.17, 15) is 0 Å². The number of allylic oxidation sites excluding steroid dienone is 4.